The van der Waals surface area contributed by atoms with Gasteiger partial charge in [-0.1, -0.05) is 31.3 Å². The predicted octanol–water partition coefficient (Wildman–Crippen LogP) is 3.92. The first-order valence-electron chi connectivity index (χ1n) is 8.43. The van der Waals surface area contributed by atoms with Crippen LogP contribution in [-0.2, 0) is 10.0 Å². The van der Waals surface area contributed by atoms with Crippen LogP contribution >= 0.6 is 11.3 Å². The summed E-state index contributed by atoms with van der Waals surface area (Å²) in [6.45, 7) is 4.26. The Morgan fingerprint density at radius 1 is 1.11 bits per heavy atom. The van der Waals surface area contributed by atoms with E-state index < -0.39 is 10.0 Å². The van der Waals surface area contributed by atoms with Crippen LogP contribution in [0.1, 0.15) is 35.7 Å². The van der Waals surface area contributed by atoms with E-state index in [1.165, 1.54) is 55.3 Å². The predicted molar refractivity (Wildman–Crippen MR) is 109 cm³/mol. The van der Waals surface area contributed by atoms with Crippen LogP contribution in [0.25, 0.3) is 10.2 Å². The molecule has 0 saturated heterocycles. The van der Waals surface area contributed by atoms with Crippen molar-refractivity contribution in [1.82, 2.24) is 9.29 Å². The number of thiazole rings is 1. The van der Waals surface area contributed by atoms with E-state index in [4.69, 9.17) is 0 Å². The third kappa shape index (κ3) is 4.02. The fourth-order valence-corrected chi connectivity index (χ4v) is 4.32. The molecular formula is C19H21N3O3S2. The van der Waals surface area contributed by atoms with Crippen LogP contribution in [0.15, 0.2) is 47.4 Å². The summed E-state index contributed by atoms with van der Waals surface area (Å²) in [7, 11) is -0.583. The van der Waals surface area contributed by atoms with Crippen molar-refractivity contribution in [2.75, 3.05) is 19.4 Å². The highest BCUT2D eigenvalue weighted by molar-refractivity contribution is 7.89. The smallest absolute Gasteiger partial charge is 0.257 e. The summed E-state index contributed by atoms with van der Waals surface area (Å²) in [6, 6.07) is 11.9. The zero-order valence-corrected chi connectivity index (χ0v) is 17.2. The van der Waals surface area contributed by atoms with Crippen molar-refractivity contribution in [3.8, 4) is 0 Å². The molecule has 1 aromatic heterocycles. The molecule has 3 rings (SSSR count). The highest BCUT2D eigenvalue weighted by Crippen LogP contribution is 2.29. The maximum Gasteiger partial charge on any atom is 0.257 e. The molecule has 2 aromatic carbocycles. The average Bonchev–Trinajstić information content (AvgIpc) is 3.02. The van der Waals surface area contributed by atoms with Crippen molar-refractivity contribution in [3.05, 3.63) is 53.6 Å². The van der Waals surface area contributed by atoms with Gasteiger partial charge in [-0.2, -0.15) is 0 Å². The zero-order valence-electron chi connectivity index (χ0n) is 15.6. The number of anilines is 1. The van der Waals surface area contributed by atoms with Gasteiger partial charge in [0.2, 0.25) is 10.0 Å². The number of amides is 1. The first-order valence-corrected chi connectivity index (χ1v) is 10.7. The molecule has 6 nitrogen and oxygen atoms in total. The minimum absolute atomic E-state index is 0.144. The van der Waals surface area contributed by atoms with Gasteiger partial charge in [-0.25, -0.2) is 17.7 Å². The summed E-state index contributed by atoms with van der Waals surface area (Å²) >= 11 is 1.42. The Morgan fingerprint density at radius 2 is 1.78 bits per heavy atom. The Morgan fingerprint density at radius 3 is 2.37 bits per heavy atom. The molecule has 0 aliphatic heterocycles. The number of carbonyl (C=O) groups is 1. The van der Waals surface area contributed by atoms with Gasteiger partial charge in [0.05, 0.1) is 15.1 Å². The topological polar surface area (TPSA) is 79.4 Å². The van der Waals surface area contributed by atoms with Crippen molar-refractivity contribution in [2.24, 2.45) is 0 Å². The second kappa shape index (κ2) is 7.38. The van der Waals surface area contributed by atoms with Gasteiger partial charge in [0.25, 0.3) is 5.91 Å². The number of benzene rings is 2. The third-order valence-corrected chi connectivity index (χ3v) is 6.96. The van der Waals surface area contributed by atoms with Crippen LogP contribution in [-0.4, -0.2) is 37.7 Å². The van der Waals surface area contributed by atoms with E-state index in [0.29, 0.717) is 16.6 Å². The van der Waals surface area contributed by atoms with E-state index in [2.05, 4.69) is 30.2 Å². The molecule has 0 radical (unpaired) electrons. The molecule has 8 heteroatoms. The van der Waals surface area contributed by atoms with E-state index in [-0.39, 0.29) is 10.8 Å². The van der Waals surface area contributed by atoms with Gasteiger partial charge in [0.15, 0.2) is 5.13 Å². The Hall–Kier alpha value is -2.29. The number of hydrogen-bond donors (Lipinski definition) is 1. The van der Waals surface area contributed by atoms with Crippen molar-refractivity contribution in [2.45, 2.75) is 24.7 Å². The monoisotopic (exact) mass is 403 g/mol. The molecule has 3 aromatic rings. The molecular weight excluding hydrogens is 382 g/mol. The number of nitrogens with zero attached hydrogens (tertiary/aromatic N) is 2. The molecule has 1 N–H and O–H groups in total. The fourth-order valence-electron chi connectivity index (χ4n) is 2.51. The molecule has 0 atom stereocenters. The number of nitrogens with one attached hydrogen (secondary N) is 1. The molecule has 0 unspecified atom stereocenters. The standard InChI is InChI=1S/C19H21N3O3S2/c1-12(2)14-7-10-16-17(11-14)26-19(20-16)21-18(23)13-5-8-15(9-6-13)27(24,25)22(3)4/h5-12H,1-4H3,(H,20,21,23). The lowest BCUT2D eigenvalue weighted by molar-refractivity contribution is 0.102. The molecule has 27 heavy (non-hydrogen) atoms. The first-order chi connectivity index (χ1) is 12.7. The molecule has 0 fully saturated rings. The lowest BCUT2D eigenvalue weighted by atomic mass is 10.0. The first kappa shape index (κ1) is 19.5. The van der Waals surface area contributed by atoms with Crippen LogP contribution in [0.3, 0.4) is 0 Å². The second-order valence-corrected chi connectivity index (χ2v) is 9.85. The van der Waals surface area contributed by atoms with E-state index >= 15 is 0 Å². The van der Waals surface area contributed by atoms with E-state index in [1.807, 2.05) is 12.1 Å². The van der Waals surface area contributed by atoms with Crippen molar-refractivity contribution in [3.63, 3.8) is 0 Å². The summed E-state index contributed by atoms with van der Waals surface area (Å²) in [5.74, 6) is 0.0958. The van der Waals surface area contributed by atoms with Gasteiger partial charge in [-0.05, 0) is 47.9 Å². The summed E-state index contributed by atoms with van der Waals surface area (Å²) < 4.78 is 26.3. The summed E-state index contributed by atoms with van der Waals surface area (Å²) in [6.07, 6.45) is 0. The molecule has 0 aliphatic rings. The van der Waals surface area contributed by atoms with Gasteiger partial charge in [0, 0.05) is 19.7 Å². The summed E-state index contributed by atoms with van der Waals surface area (Å²) in [4.78, 5) is 17.0. The highest BCUT2D eigenvalue weighted by atomic mass is 32.2. The molecule has 1 heterocycles. The Balaban J connectivity index is 1.80. The van der Waals surface area contributed by atoms with Gasteiger partial charge >= 0.3 is 0 Å². The number of rotatable bonds is 5. The SMILES string of the molecule is CC(C)c1ccc2nc(NC(=O)c3ccc(S(=O)(=O)N(C)C)cc3)sc2c1. The van der Waals surface area contributed by atoms with Gasteiger partial charge in [0.1, 0.15) is 0 Å². The summed E-state index contributed by atoms with van der Waals surface area (Å²) in [5.41, 5.74) is 2.43. The number of aromatic nitrogens is 1. The maximum absolute atomic E-state index is 12.5. The molecule has 0 aliphatic carbocycles. The Bertz CT molecular complexity index is 1090. The molecule has 0 saturated carbocycles. The largest absolute Gasteiger partial charge is 0.298 e. The molecule has 1 amide bonds. The minimum atomic E-state index is -3.52. The molecule has 0 bridgehead atoms. The number of hydrogen-bond acceptors (Lipinski definition) is 5. The van der Waals surface area contributed by atoms with E-state index in [9.17, 15) is 13.2 Å². The molecule has 142 valence electrons. The van der Waals surface area contributed by atoms with E-state index in [0.717, 1.165) is 14.5 Å². The highest BCUT2D eigenvalue weighted by Gasteiger charge is 2.18. The zero-order chi connectivity index (χ0) is 19.8. The van der Waals surface area contributed by atoms with Crippen LogP contribution in [0.4, 0.5) is 5.13 Å². The van der Waals surface area contributed by atoms with Crippen molar-refractivity contribution < 1.29 is 13.2 Å². The minimum Gasteiger partial charge on any atom is -0.298 e. The average molecular weight is 404 g/mol. The fraction of sp³-hybridized carbons (Fsp3) is 0.263. The van der Waals surface area contributed by atoms with Crippen LogP contribution in [0.5, 0.6) is 0 Å². The van der Waals surface area contributed by atoms with E-state index in [1.54, 1.807) is 0 Å². The van der Waals surface area contributed by atoms with Crippen LogP contribution < -0.4 is 5.32 Å². The number of carbonyl (C=O) groups excluding carboxylic acids is 1. The normalized spacial score (nSPS) is 12.1. The second-order valence-electron chi connectivity index (χ2n) is 6.67. The van der Waals surface area contributed by atoms with Crippen LogP contribution in [0, 0.1) is 0 Å². The number of sulfonamides is 1. The maximum atomic E-state index is 12.5. The number of fused-ring (bicyclic) bond motifs is 1. The Kier molecular flexibility index (Phi) is 5.32. The Labute approximate surface area is 162 Å². The lowest BCUT2D eigenvalue weighted by Crippen LogP contribution is -2.22. The quantitative estimate of drug-likeness (QED) is 0.700. The van der Waals surface area contributed by atoms with Gasteiger partial charge in [-0.3, -0.25) is 10.1 Å². The van der Waals surface area contributed by atoms with Crippen molar-refractivity contribution >= 4 is 42.6 Å². The van der Waals surface area contributed by atoms with Crippen LogP contribution in [0.2, 0.25) is 0 Å². The van der Waals surface area contributed by atoms with Crippen molar-refractivity contribution in [1.29, 1.82) is 0 Å². The summed E-state index contributed by atoms with van der Waals surface area (Å²) in [5, 5.41) is 3.30. The third-order valence-electron chi connectivity index (χ3n) is 4.19. The molecule has 0 spiro atoms. The van der Waals surface area contributed by atoms with Gasteiger partial charge in [-0.15, -0.1) is 0 Å². The lowest BCUT2D eigenvalue weighted by Gasteiger charge is -2.11. The van der Waals surface area contributed by atoms with Gasteiger partial charge < -0.3 is 0 Å².